The van der Waals surface area contributed by atoms with E-state index in [0.29, 0.717) is 11.5 Å². The van der Waals surface area contributed by atoms with Gasteiger partial charge in [0, 0.05) is 31.4 Å². The second-order valence-electron chi connectivity index (χ2n) is 9.65. The number of hydrogen-bond acceptors (Lipinski definition) is 7. The van der Waals surface area contributed by atoms with E-state index in [1.807, 2.05) is 51.9 Å². The summed E-state index contributed by atoms with van der Waals surface area (Å²) in [7, 11) is 3.99. The van der Waals surface area contributed by atoms with Crippen LogP contribution in [0.5, 0.6) is 0 Å². The number of nitrogens with zero attached hydrogens (tertiary/aromatic N) is 6. The number of amides is 1. The molecule has 1 aromatic carbocycles. The van der Waals surface area contributed by atoms with E-state index in [2.05, 4.69) is 30.0 Å². The van der Waals surface area contributed by atoms with E-state index in [1.54, 1.807) is 16.8 Å². The van der Waals surface area contributed by atoms with Gasteiger partial charge in [-0.15, -0.1) is 11.3 Å². The van der Waals surface area contributed by atoms with Gasteiger partial charge in [-0.1, -0.05) is 25.4 Å². The SMILES string of the molecule is CC(C)c1cnn2c(N(Cc3nc4cc(N(C)C)ccc4s3)C(=O)OC(C)(C)C)cc(Cl)nc12. The average Bonchev–Trinajstić information content (AvgIpc) is 3.32. The van der Waals surface area contributed by atoms with Crippen molar-refractivity contribution in [3.05, 3.63) is 46.2 Å². The molecule has 0 saturated carbocycles. The lowest BCUT2D eigenvalue weighted by atomic mass is 10.1. The molecule has 180 valence electrons. The van der Waals surface area contributed by atoms with Gasteiger partial charge in [0.05, 0.1) is 23.0 Å². The Bertz CT molecular complexity index is 1360. The zero-order valence-corrected chi connectivity index (χ0v) is 22.0. The number of hydrogen-bond donors (Lipinski definition) is 0. The molecule has 4 rings (SSSR count). The fraction of sp³-hybridized carbons (Fsp3) is 0.417. The Morgan fingerprint density at radius 1 is 1.21 bits per heavy atom. The van der Waals surface area contributed by atoms with E-state index < -0.39 is 11.7 Å². The fourth-order valence-corrected chi connectivity index (χ4v) is 4.65. The van der Waals surface area contributed by atoms with Crippen molar-refractivity contribution in [2.24, 2.45) is 0 Å². The molecule has 1 amide bonds. The molecule has 34 heavy (non-hydrogen) atoms. The summed E-state index contributed by atoms with van der Waals surface area (Å²) in [5, 5.41) is 5.57. The number of carbonyl (C=O) groups excluding carboxylic acids is 1. The van der Waals surface area contributed by atoms with Crippen LogP contribution < -0.4 is 9.80 Å². The Morgan fingerprint density at radius 3 is 2.59 bits per heavy atom. The molecule has 0 atom stereocenters. The van der Waals surface area contributed by atoms with Crippen molar-refractivity contribution in [3.63, 3.8) is 0 Å². The molecule has 0 fully saturated rings. The highest BCUT2D eigenvalue weighted by Crippen LogP contribution is 2.31. The average molecular weight is 501 g/mol. The van der Waals surface area contributed by atoms with E-state index in [4.69, 9.17) is 21.3 Å². The van der Waals surface area contributed by atoms with Crippen LogP contribution in [-0.2, 0) is 11.3 Å². The summed E-state index contributed by atoms with van der Waals surface area (Å²) in [5.41, 5.74) is 2.84. The van der Waals surface area contributed by atoms with Crippen molar-refractivity contribution < 1.29 is 9.53 Å². The molecule has 0 aliphatic carbocycles. The van der Waals surface area contributed by atoms with Crippen LogP contribution >= 0.6 is 22.9 Å². The van der Waals surface area contributed by atoms with E-state index in [-0.39, 0.29) is 17.6 Å². The molecule has 4 aromatic rings. The van der Waals surface area contributed by atoms with Crippen molar-refractivity contribution >= 4 is 56.4 Å². The van der Waals surface area contributed by atoms with Crippen molar-refractivity contribution in [1.29, 1.82) is 0 Å². The molecule has 0 spiro atoms. The van der Waals surface area contributed by atoms with Gasteiger partial charge in [-0.25, -0.2) is 14.8 Å². The fourth-order valence-electron chi connectivity index (χ4n) is 3.54. The van der Waals surface area contributed by atoms with Crippen LogP contribution in [0, 0.1) is 0 Å². The van der Waals surface area contributed by atoms with Crippen molar-refractivity contribution in [2.45, 2.75) is 52.7 Å². The van der Waals surface area contributed by atoms with Crippen LogP contribution in [-0.4, -0.2) is 45.4 Å². The second kappa shape index (κ2) is 9.03. The molecule has 0 N–H and O–H groups in total. The molecule has 0 aliphatic heterocycles. The quantitative estimate of drug-likeness (QED) is 0.307. The van der Waals surface area contributed by atoms with Gasteiger partial charge in [0.25, 0.3) is 0 Å². The number of fused-ring (bicyclic) bond motifs is 2. The Hall–Kier alpha value is -2.91. The van der Waals surface area contributed by atoms with Crippen LogP contribution in [0.15, 0.2) is 30.5 Å². The van der Waals surface area contributed by atoms with Gasteiger partial charge in [0.15, 0.2) is 5.65 Å². The standard InChI is InChI=1S/C24H29ClN6O2S/c1-14(2)16-12-26-31-21(11-19(25)28-22(16)31)30(23(32)33-24(3,4)5)13-20-27-17-10-15(29(6)7)8-9-18(17)34-20/h8-12,14H,13H2,1-7H3. The zero-order valence-electron chi connectivity index (χ0n) is 20.5. The molecule has 3 heterocycles. The third kappa shape index (κ3) is 4.95. The lowest BCUT2D eigenvalue weighted by Gasteiger charge is -2.27. The Balaban J connectivity index is 1.81. The van der Waals surface area contributed by atoms with Crippen LogP contribution in [0.3, 0.4) is 0 Å². The van der Waals surface area contributed by atoms with Crippen LogP contribution in [0.2, 0.25) is 5.15 Å². The summed E-state index contributed by atoms with van der Waals surface area (Å²) in [5.74, 6) is 0.672. The number of rotatable bonds is 5. The molecular formula is C24H29ClN6O2S. The smallest absolute Gasteiger partial charge is 0.416 e. The predicted molar refractivity (Wildman–Crippen MR) is 138 cm³/mol. The summed E-state index contributed by atoms with van der Waals surface area (Å²) in [6.45, 7) is 9.84. The highest BCUT2D eigenvalue weighted by atomic mass is 35.5. The lowest BCUT2D eigenvalue weighted by Crippen LogP contribution is -2.37. The minimum atomic E-state index is -0.674. The molecule has 10 heteroatoms. The van der Waals surface area contributed by atoms with Gasteiger partial charge in [0.1, 0.15) is 21.6 Å². The van der Waals surface area contributed by atoms with Gasteiger partial charge in [-0.3, -0.25) is 4.90 Å². The topological polar surface area (TPSA) is 75.9 Å². The van der Waals surface area contributed by atoms with Crippen LogP contribution in [0.4, 0.5) is 16.3 Å². The first-order valence-electron chi connectivity index (χ1n) is 11.0. The van der Waals surface area contributed by atoms with Gasteiger partial charge >= 0.3 is 6.09 Å². The first kappa shape index (κ1) is 24.2. The van der Waals surface area contributed by atoms with E-state index in [1.165, 1.54) is 16.2 Å². The molecule has 0 unspecified atom stereocenters. The summed E-state index contributed by atoms with van der Waals surface area (Å²) < 4.78 is 8.43. The zero-order chi connectivity index (χ0) is 24.8. The molecule has 8 nitrogen and oxygen atoms in total. The monoisotopic (exact) mass is 500 g/mol. The Morgan fingerprint density at radius 2 is 1.94 bits per heavy atom. The minimum absolute atomic E-state index is 0.196. The number of anilines is 2. The summed E-state index contributed by atoms with van der Waals surface area (Å²) in [6.07, 6.45) is 1.26. The molecule has 0 saturated heterocycles. The predicted octanol–water partition coefficient (Wildman–Crippen LogP) is 6.12. The number of thiazole rings is 1. The summed E-state index contributed by atoms with van der Waals surface area (Å²) >= 11 is 7.94. The van der Waals surface area contributed by atoms with Crippen molar-refractivity contribution in [3.8, 4) is 0 Å². The number of halogens is 1. The van der Waals surface area contributed by atoms with Gasteiger partial charge in [-0.2, -0.15) is 9.61 Å². The van der Waals surface area contributed by atoms with Gasteiger partial charge < -0.3 is 9.64 Å². The molecule has 0 aliphatic rings. The van der Waals surface area contributed by atoms with Crippen LogP contribution in [0.25, 0.3) is 15.9 Å². The third-order valence-electron chi connectivity index (χ3n) is 5.19. The molecule has 3 aromatic heterocycles. The number of carbonyl (C=O) groups is 1. The van der Waals surface area contributed by atoms with E-state index in [0.717, 1.165) is 26.5 Å². The third-order valence-corrected chi connectivity index (χ3v) is 6.40. The first-order valence-corrected chi connectivity index (χ1v) is 12.2. The van der Waals surface area contributed by atoms with Crippen LogP contribution in [0.1, 0.15) is 51.1 Å². The summed E-state index contributed by atoms with van der Waals surface area (Å²) in [6, 6.07) is 7.77. The first-order chi connectivity index (χ1) is 15.9. The number of ether oxygens (including phenoxy) is 1. The minimum Gasteiger partial charge on any atom is -0.443 e. The molecule has 0 radical (unpaired) electrons. The normalized spacial score (nSPS) is 12.0. The second-order valence-corrected chi connectivity index (χ2v) is 11.2. The van der Waals surface area contributed by atoms with Gasteiger partial charge in [-0.05, 0) is 44.9 Å². The van der Waals surface area contributed by atoms with Crippen molar-refractivity contribution in [1.82, 2.24) is 19.6 Å². The van der Waals surface area contributed by atoms with E-state index >= 15 is 0 Å². The van der Waals surface area contributed by atoms with Crippen molar-refractivity contribution in [2.75, 3.05) is 23.9 Å². The maximum Gasteiger partial charge on any atom is 0.416 e. The van der Waals surface area contributed by atoms with E-state index in [9.17, 15) is 4.79 Å². The molecular weight excluding hydrogens is 472 g/mol. The largest absolute Gasteiger partial charge is 0.443 e. The molecule has 0 bridgehead atoms. The summed E-state index contributed by atoms with van der Waals surface area (Å²) in [4.78, 5) is 26.2. The Kier molecular flexibility index (Phi) is 6.44. The maximum atomic E-state index is 13.4. The van der Waals surface area contributed by atoms with Gasteiger partial charge in [0.2, 0.25) is 0 Å². The Labute approximate surface area is 208 Å². The number of benzene rings is 1. The maximum absolute atomic E-state index is 13.4. The number of aromatic nitrogens is 4. The highest BCUT2D eigenvalue weighted by Gasteiger charge is 2.28. The lowest BCUT2D eigenvalue weighted by molar-refractivity contribution is 0.0575. The highest BCUT2D eigenvalue weighted by molar-refractivity contribution is 7.18.